The number of nitro groups is 1. The Morgan fingerprint density at radius 3 is 2.77 bits per heavy atom. The number of nitrogens with zero attached hydrogens (tertiary/aromatic N) is 5. The monoisotopic (exact) mass is 439 g/mol. The van der Waals surface area contributed by atoms with Crippen LogP contribution in [0.15, 0.2) is 59.0 Å². The number of halogens is 1. The molecular formula is C20H14FN5O4S. The normalized spacial score (nSPS) is 10.9. The van der Waals surface area contributed by atoms with Crippen LogP contribution in [-0.4, -0.2) is 25.4 Å². The molecule has 156 valence electrons. The first kappa shape index (κ1) is 20.3. The van der Waals surface area contributed by atoms with Gasteiger partial charge < -0.3 is 0 Å². The van der Waals surface area contributed by atoms with Gasteiger partial charge in [0.15, 0.2) is 5.13 Å². The van der Waals surface area contributed by atoms with E-state index in [9.17, 15) is 24.1 Å². The van der Waals surface area contributed by atoms with Gasteiger partial charge in [0.25, 0.3) is 11.2 Å². The molecule has 0 bridgehead atoms. The number of hydrogen-bond donors (Lipinski definition) is 0. The van der Waals surface area contributed by atoms with Gasteiger partial charge in [-0.3, -0.25) is 29.2 Å². The molecule has 1 amide bonds. The Balaban J connectivity index is 1.69. The van der Waals surface area contributed by atoms with Crippen molar-refractivity contribution in [2.45, 2.75) is 13.5 Å². The van der Waals surface area contributed by atoms with Crippen molar-refractivity contribution in [1.82, 2.24) is 14.5 Å². The maximum absolute atomic E-state index is 14.2. The highest BCUT2D eigenvalue weighted by Crippen LogP contribution is 2.30. The summed E-state index contributed by atoms with van der Waals surface area (Å²) in [6, 6.07) is 9.74. The van der Waals surface area contributed by atoms with Gasteiger partial charge in [-0.2, -0.15) is 0 Å². The highest BCUT2D eigenvalue weighted by atomic mass is 32.1. The maximum Gasteiger partial charge on any atom is 0.270 e. The molecule has 4 rings (SSSR count). The number of aromatic nitrogens is 3. The minimum Gasteiger partial charge on any atom is -0.293 e. The fourth-order valence-corrected chi connectivity index (χ4v) is 3.93. The summed E-state index contributed by atoms with van der Waals surface area (Å²) in [5, 5.41) is 13.0. The van der Waals surface area contributed by atoms with Gasteiger partial charge in [0.2, 0.25) is 5.91 Å². The van der Waals surface area contributed by atoms with Crippen LogP contribution in [0.2, 0.25) is 0 Å². The molecule has 0 saturated carbocycles. The van der Waals surface area contributed by atoms with Crippen LogP contribution in [0.5, 0.6) is 0 Å². The molecule has 2 aromatic carbocycles. The van der Waals surface area contributed by atoms with Gasteiger partial charge in [-0.1, -0.05) is 12.1 Å². The molecule has 0 unspecified atom stereocenters. The van der Waals surface area contributed by atoms with Crippen LogP contribution >= 0.6 is 11.3 Å². The number of amides is 1. The minimum absolute atomic E-state index is 0.0317. The van der Waals surface area contributed by atoms with Crippen LogP contribution in [0.25, 0.3) is 10.9 Å². The topological polar surface area (TPSA) is 111 Å². The fourth-order valence-electron chi connectivity index (χ4n) is 3.06. The quantitative estimate of drug-likeness (QED) is 0.347. The van der Waals surface area contributed by atoms with Crippen molar-refractivity contribution in [3.63, 3.8) is 0 Å². The van der Waals surface area contributed by atoms with Gasteiger partial charge in [-0.15, -0.1) is 11.3 Å². The van der Waals surface area contributed by atoms with Crippen LogP contribution in [0.4, 0.5) is 20.9 Å². The number of anilines is 2. The lowest BCUT2D eigenvalue weighted by molar-refractivity contribution is -0.384. The summed E-state index contributed by atoms with van der Waals surface area (Å²) in [6.07, 6.45) is 1.33. The van der Waals surface area contributed by atoms with E-state index in [1.54, 1.807) is 11.4 Å². The van der Waals surface area contributed by atoms with E-state index in [-0.39, 0.29) is 28.4 Å². The summed E-state index contributed by atoms with van der Waals surface area (Å²) in [6.45, 7) is 1.34. The lowest BCUT2D eigenvalue weighted by Crippen LogP contribution is -2.24. The van der Waals surface area contributed by atoms with Crippen molar-refractivity contribution in [2.75, 3.05) is 4.90 Å². The Hall–Kier alpha value is -3.99. The molecule has 31 heavy (non-hydrogen) atoms. The van der Waals surface area contributed by atoms with Crippen LogP contribution in [-0.2, 0) is 11.3 Å². The Labute approximate surface area is 178 Å². The minimum atomic E-state index is -0.581. The summed E-state index contributed by atoms with van der Waals surface area (Å²) in [7, 11) is 0. The third kappa shape index (κ3) is 3.90. The van der Waals surface area contributed by atoms with E-state index in [0.29, 0.717) is 11.2 Å². The number of hydrogen-bond acceptors (Lipinski definition) is 7. The zero-order valence-corrected chi connectivity index (χ0v) is 16.9. The van der Waals surface area contributed by atoms with Gasteiger partial charge in [-0.05, 0) is 18.2 Å². The Morgan fingerprint density at radius 1 is 1.29 bits per heavy atom. The second-order valence-corrected chi connectivity index (χ2v) is 7.40. The molecule has 4 aromatic rings. The molecule has 0 radical (unpaired) electrons. The molecule has 2 aromatic heterocycles. The largest absolute Gasteiger partial charge is 0.293 e. The molecule has 9 nitrogen and oxygen atoms in total. The zero-order chi connectivity index (χ0) is 22.1. The van der Waals surface area contributed by atoms with Gasteiger partial charge in [-0.25, -0.2) is 14.4 Å². The predicted octanol–water partition coefficient (Wildman–Crippen LogP) is 3.63. The Kier molecular flexibility index (Phi) is 5.26. The van der Waals surface area contributed by atoms with Crippen molar-refractivity contribution in [2.24, 2.45) is 0 Å². The summed E-state index contributed by atoms with van der Waals surface area (Å²) < 4.78 is 15.5. The number of thiazole rings is 1. The third-order valence-electron chi connectivity index (χ3n) is 4.49. The molecule has 0 saturated heterocycles. The van der Waals surface area contributed by atoms with Gasteiger partial charge in [0.05, 0.1) is 40.1 Å². The average molecular weight is 439 g/mol. The lowest BCUT2D eigenvalue weighted by Gasteiger charge is -2.18. The van der Waals surface area contributed by atoms with Crippen LogP contribution in [0.1, 0.15) is 12.6 Å². The molecule has 0 spiro atoms. The molecule has 2 heterocycles. The number of benzene rings is 2. The number of para-hydroxylation sites is 1. The second kappa shape index (κ2) is 8.03. The van der Waals surface area contributed by atoms with Crippen LogP contribution in [0.3, 0.4) is 0 Å². The van der Waals surface area contributed by atoms with Crippen molar-refractivity contribution < 1.29 is 14.1 Å². The predicted molar refractivity (Wildman–Crippen MR) is 113 cm³/mol. The van der Waals surface area contributed by atoms with E-state index >= 15 is 0 Å². The van der Waals surface area contributed by atoms with Crippen molar-refractivity contribution >= 4 is 44.7 Å². The van der Waals surface area contributed by atoms with Crippen molar-refractivity contribution in [1.29, 1.82) is 0 Å². The van der Waals surface area contributed by atoms with E-state index in [1.165, 1.54) is 54.2 Å². The highest BCUT2D eigenvalue weighted by Gasteiger charge is 2.21. The molecule has 0 fully saturated rings. The number of non-ortho nitro benzene ring substituents is 1. The van der Waals surface area contributed by atoms with E-state index in [2.05, 4.69) is 9.97 Å². The lowest BCUT2D eigenvalue weighted by atomic mass is 10.2. The molecule has 0 aliphatic carbocycles. The summed E-state index contributed by atoms with van der Waals surface area (Å²) >= 11 is 1.13. The molecule has 0 aliphatic rings. The van der Waals surface area contributed by atoms with E-state index in [4.69, 9.17) is 0 Å². The third-order valence-corrected chi connectivity index (χ3v) is 5.36. The summed E-state index contributed by atoms with van der Waals surface area (Å²) in [4.78, 5) is 45.1. The van der Waals surface area contributed by atoms with Crippen LogP contribution in [0, 0.1) is 15.9 Å². The Morgan fingerprint density at radius 2 is 2.06 bits per heavy atom. The first-order chi connectivity index (χ1) is 14.8. The maximum atomic E-state index is 14.2. The van der Waals surface area contributed by atoms with Gasteiger partial charge >= 0.3 is 0 Å². The molecule has 0 N–H and O–H groups in total. The Bertz CT molecular complexity index is 1380. The average Bonchev–Trinajstić information content (AvgIpc) is 3.19. The molecule has 0 aliphatic heterocycles. The van der Waals surface area contributed by atoms with Gasteiger partial charge in [0.1, 0.15) is 5.82 Å². The second-order valence-electron chi connectivity index (χ2n) is 6.56. The molecular weight excluding hydrogens is 425 g/mol. The molecule has 0 atom stereocenters. The number of carbonyl (C=O) groups is 1. The van der Waals surface area contributed by atoms with E-state index in [1.807, 2.05) is 0 Å². The SMILES string of the molecule is CC(=O)N(c1nc(Cn2cnc3ccc([N+](=O)[O-])cc3c2=O)cs1)c1ccccc1F. The summed E-state index contributed by atoms with van der Waals surface area (Å²) in [5.74, 6) is -0.978. The first-order valence-electron chi connectivity index (χ1n) is 8.98. The molecule has 11 heteroatoms. The first-order valence-corrected chi connectivity index (χ1v) is 9.86. The van der Waals surface area contributed by atoms with Gasteiger partial charge in [0, 0.05) is 24.4 Å². The number of rotatable bonds is 5. The van der Waals surface area contributed by atoms with E-state index < -0.39 is 22.2 Å². The number of fused-ring (bicyclic) bond motifs is 1. The van der Waals surface area contributed by atoms with E-state index in [0.717, 1.165) is 16.2 Å². The summed E-state index contributed by atoms with van der Waals surface area (Å²) in [5.41, 5.74) is 0.208. The highest BCUT2D eigenvalue weighted by molar-refractivity contribution is 7.14. The fraction of sp³-hybridized carbons (Fsp3) is 0.100. The van der Waals surface area contributed by atoms with Crippen molar-refractivity contribution in [3.8, 4) is 0 Å². The number of carbonyl (C=O) groups excluding carboxylic acids is 1. The van der Waals surface area contributed by atoms with Crippen molar-refractivity contribution in [3.05, 3.63) is 86.2 Å². The standard InChI is InChI=1S/C20H14FN5O4S/c1-12(27)25(18-5-3-2-4-16(18)21)20-23-13(10-31-20)9-24-11-22-17-7-6-14(26(29)30)8-15(17)19(24)28/h2-8,10-11H,9H2,1H3. The zero-order valence-electron chi connectivity index (χ0n) is 16.1. The smallest absolute Gasteiger partial charge is 0.270 e. The van der Waals surface area contributed by atoms with Crippen LogP contribution < -0.4 is 10.5 Å². The number of nitro benzene ring substituents is 1.